The molecule has 0 saturated carbocycles. The molecule has 26 heavy (non-hydrogen) atoms. The van der Waals surface area contributed by atoms with Gasteiger partial charge in [-0.15, -0.1) is 11.3 Å². The van der Waals surface area contributed by atoms with Gasteiger partial charge in [0.15, 0.2) is 5.76 Å². The smallest absolute Gasteiger partial charge is 0.343 e. The maximum absolute atomic E-state index is 12.5. The van der Waals surface area contributed by atoms with Crippen molar-refractivity contribution in [3.8, 4) is 11.5 Å². The van der Waals surface area contributed by atoms with E-state index in [-0.39, 0.29) is 11.5 Å². The number of allylic oxidation sites excluding steroid dienone is 1. The summed E-state index contributed by atoms with van der Waals surface area (Å²) in [6, 6.07) is 15.5. The fourth-order valence-electron chi connectivity index (χ4n) is 2.62. The van der Waals surface area contributed by atoms with Crippen molar-refractivity contribution in [3.63, 3.8) is 0 Å². The number of ketones is 1. The summed E-state index contributed by atoms with van der Waals surface area (Å²) in [5.41, 5.74) is 2.01. The van der Waals surface area contributed by atoms with Crippen molar-refractivity contribution in [2.75, 3.05) is 0 Å². The van der Waals surface area contributed by atoms with Crippen LogP contribution in [0.15, 0.2) is 65.7 Å². The van der Waals surface area contributed by atoms with Crippen molar-refractivity contribution in [2.45, 2.75) is 6.92 Å². The Labute approximate surface area is 154 Å². The highest BCUT2D eigenvalue weighted by molar-refractivity contribution is 7.11. The molecule has 0 amide bonds. The van der Waals surface area contributed by atoms with Gasteiger partial charge in [-0.3, -0.25) is 4.79 Å². The van der Waals surface area contributed by atoms with Crippen molar-refractivity contribution in [1.82, 2.24) is 0 Å². The van der Waals surface area contributed by atoms with Crippen LogP contribution >= 0.6 is 11.3 Å². The highest BCUT2D eigenvalue weighted by atomic mass is 32.1. The third-order valence-electron chi connectivity index (χ3n) is 4.03. The van der Waals surface area contributed by atoms with Gasteiger partial charge in [0.25, 0.3) is 0 Å². The summed E-state index contributed by atoms with van der Waals surface area (Å²) < 4.78 is 11.1. The predicted molar refractivity (Wildman–Crippen MR) is 99.8 cm³/mol. The first kappa shape index (κ1) is 16.3. The van der Waals surface area contributed by atoms with Crippen LogP contribution in [0.1, 0.15) is 31.2 Å². The van der Waals surface area contributed by atoms with Crippen molar-refractivity contribution in [1.29, 1.82) is 0 Å². The number of hydrogen-bond donors (Lipinski definition) is 0. The molecule has 4 rings (SSSR count). The average molecular weight is 362 g/mol. The Bertz CT molecular complexity index is 1030. The summed E-state index contributed by atoms with van der Waals surface area (Å²) in [5.74, 6) is 0.374. The second-order valence-corrected chi connectivity index (χ2v) is 6.77. The van der Waals surface area contributed by atoms with Crippen molar-refractivity contribution in [3.05, 3.63) is 87.3 Å². The third-order valence-corrected chi connectivity index (χ3v) is 4.99. The number of esters is 1. The van der Waals surface area contributed by atoms with Gasteiger partial charge in [-0.2, -0.15) is 0 Å². The molecule has 2 aromatic carbocycles. The SMILES string of the molecule is Cc1ccsc1C=C1Oc2cc(OC(=O)c3ccccc3)ccc2C1=O. The van der Waals surface area contributed by atoms with E-state index in [4.69, 9.17) is 9.47 Å². The van der Waals surface area contributed by atoms with Crippen LogP contribution in [-0.4, -0.2) is 11.8 Å². The average Bonchev–Trinajstić information content (AvgIpc) is 3.19. The van der Waals surface area contributed by atoms with Gasteiger partial charge in [0, 0.05) is 17.0 Å². The molecule has 128 valence electrons. The van der Waals surface area contributed by atoms with E-state index in [2.05, 4.69) is 0 Å². The number of benzene rings is 2. The van der Waals surface area contributed by atoms with Gasteiger partial charge in [-0.25, -0.2) is 4.79 Å². The lowest BCUT2D eigenvalue weighted by Crippen LogP contribution is -2.08. The summed E-state index contributed by atoms with van der Waals surface area (Å²) in [4.78, 5) is 25.6. The number of carbonyl (C=O) groups excluding carboxylic acids is 2. The zero-order valence-corrected chi connectivity index (χ0v) is 14.7. The number of carbonyl (C=O) groups is 2. The van der Waals surface area contributed by atoms with E-state index in [1.54, 1.807) is 59.9 Å². The first-order chi connectivity index (χ1) is 12.6. The molecule has 3 aromatic rings. The largest absolute Gasteiger partial charge is 0.452 e. The fraction of sp³-hybridized carbons (Fsp3) is 0.0476. The lowest BCUT2D eigenvalue weighted by molar-refractivity contribution is 0.0734. The van der Waals surface area contributed by atoms with E-state index in [0.717, 1.165) is 10.4 Å². The molecule has 2 heterocycles. The first-order valence-electron chi connectivity index (χ1n) is 8.01. The van der Waals surface area contributed by atoms with Crippen LogP contribution < -0.4 is 9.47 Å². The van der Waals surface area contributed by atoms with Crippen LogP contribution in [0.4, 0.5) is 0 Å². The van der Waals surface area contributed by atoms with E-state index in [9.17, 15) is 9.59 Å². The molecule has 1 aliphatic rings. The number of thiophene rings is 1. The van der Waals surface area contributed by atoms with Crippen LogP contribution in [0.25, 0.3) is 6.08 Å². The quantitative estimate of drug-likeness (QED) is 0.378. The molecule has 0 N–H and O–H groups in total. The van der Waals surface area contributed by atoms with Gasteiger partial charge < -0.3 is 9.47 Å². The minimum atomic E-state index is -0.458. The van der Waals surface area contributed by atoms with E-state index < -0.39 is 5.97 Å². The third kappa shape index (κ3) is 3.05. The van der Waals surface area contributed by atoms with Crippen molar-refractivity contribution >= 4 is 29.2 Å². The minimum absolute atomic E-state index is 0.172. The molecule has 0 atom stereocenters. The maximum atomic E-state index is 12.5. The molecule has 1 aromatic heterocycles. The molecule has 0 radical (unpaired) electrons. The Morgan fingerprint density at radius 2 is 1.92 bits per heavy atom. The number of rotatable bonds is 3. The lowest BCUT2D eigenvalue weighted by atomic mass is 10.1. The van der Waals surface area contributed by atoms with E-state index >= 15 is 0 Å². The Balaban J connectivity index is 1.57. The topological polar surface area (TPSA) is 52.6 Å². The molecule has 0 saturated heterocycles. The van der Waals surface area contributed by atoms with Gasteiger partial charge in [0.1, 0.15) is 11.5 Å². The van der Waals surface area contributed by atoms with Gasteiger partial charge in [0.05, 0.1) is 11.1 Å². The molecule has 0 bridgehead atoms. The monoisotopic (exact) mass is 362 g/mol. The number of aryl methyl sites for hydroxylation is 1. The van der Waals surface area contributed by atoms with Crippen LogP contribution in [0.3, 0.4) is 0 Å². The molecule has 5 heteroatoms. The summed E-state index contributed by atoms with van der Waals surface area (Å²) >= 11 is 1.55. The number of hydrogen-bond acceptors (Lipinski definition) is 5. The lowest BCUT2D eigenvalue weighted by Gasteiger charge is -2.05. The number of Topliss-reactive ketones (excluding diaryl/α,β-unsaturated/α-hetero) is 1. The molecule has 0 spiro atoms. The van der Waals surface area contributed by atoms with E-state index in [1.165, 1.54) is 0 Å². The Morgan fingerprint density at radius 3 is 2.65 bits per heavy atom. The van der Waals surface area contributed by atoms with Crippen molar-refractivity contribution < 1.29 is 19.1 Å². The zero-order chi connectivity index (χ0) is 18.1. The summed E-state index contributed by atoms with van der Waals surface area (Å²) in [5, 5.41) is 1.97. The van der Waals surface area contributed by atoms with Gasteiger partial charge in [-0.05, 0) is 48.2 Å². The second-order valence-electron chi connectivity index (χ2n) is 5.82. The normalized spacial score (nSPS) is 14.2. The molecule has 4 nitrogen and oxygen atoms in total. The fourth-order valence-corrected chi connectivity index (χ4v) is 3.47. The molecule has 0 fully saturated rings. The summed E-state index contributed by atoms with van der Waals surface area (Å²) in [6.45, 7) is 1.98. The van der Waals surface area contributed by atoms with Gasteiger partial charge in [0.2, 0.25) is 5.78 Å². The van der Waals surface area contributed by atoms with Crippen LogP contribution in [0.5, 0.6) is 11.5 Å². The highest BCUT2D eigenvalue weighted by Gasteiger charge is 2.28. The molecule has 0 aliphatic carbocycles. The summed E-state index contributed by atoms with van der Waals surface area (Å²) in [7, 11) is 0. The van der Waals surface area contributed by atoms with Crippen LogP contribution in [-0.2, 0) is 0 Å². The van der Waals surface area contributed by atoms with Gasteiger partial charge >= 0.3 is 5.97 Å². The van der Waals surface area contributed by atoms with Crippen LogP contribution in [0, 0.1) is 6.92 Å². The standard InChI is InChI=1S/C21H14O4S/c1-13-9-10-26-19(13)12-18-20(22)16-8-7-15(11-17(16)25-18)24-21(23)14-5-3-2-4-6-14/h2-12H,1H3. The number of fused-ring (bicyclic) bond motifs is 1. The highest BCUT2D eigenvalue weighted by Crippen LogP contribution is 2.35. The molecule has 0 unspecified atom stereocenters. The first-order valence-corrected chi connectivity index (χ1v) is 8.89. The molecular weight excluding hydrogens is 348 g/mol. The minimum Gasteiger partial charge on any atom is -0.452 e. The molecule has 1 aliphatic heterocycles. The summed E-state index contributed by atoms with van der Waals surface area (Å²) in [6.07, 6.45) is 1.75. The van der Waals surface area contributed by atoms with Gasteiger partial charge in [-0.1, -0.05) is 18.2 Å². The van der Waals surface area contributed by atoms with Crippen molar-refractivity contribution in [2.24, 2.45) is 0 Å². The predicted octanol–water partition coefficient (Wildman–Crippen LogP) is 4.89. The van der Waals surface area contributed by atoms with E-state index in [1.807, 2.05) is 24.4 Å². The number of ether oxygens (including phenoxy) is 2. The van der Waals surface area contributed by atoms with E-state index in [0.29, 0.717) is 22.6 Å². The molecular formula is C21H14O4S. The Kier molecular flexibility index (Phi) is 4.14. The Morgan fingerprint density at radius 1 is 1.12 bits per heavy atom. The maximum Gasteiger partial charge on any atom is 0.343 e. The second kappa shape index (κ2) is 6.61. The van der Waals surface area contributed by atoms with Crippen LogP contribution in [0.2, 0.25) is 0 Å². The zero-order valence-electron chi connectivity index (χ0n) is 13.9. The Hall–Kier alpha value is -3.18.